The van der Waals surface area contributed by atoms with Crippen LogP contribution in [-0.2, 0) is 19.6 Å². The average Bonchev–Trinajstić information content (AvgIpc) is 2.81. The number of carbonyl (C=O) groups excluding carboxylic acids is 2. The van der Waals surface area contributed by atoms with Crippen molar-refractivity contribution in [2.75, 3.05) is 39.0 Å². The molecule has 0 aromatic rings. The predicted molar refractivity (Wildman–Crippen MR) is 78.0 cm³/mol. The lowest BCUT2D eigenvalue weighted by Crippen LogP contribution is -2.47. The fraction of sp³-hybridized carbons (Fsp3) is 0.846. The molecule has 2 aliphatic rings. The third kappa shape index (κ3) is 4.96. The quantitative estimate of drug-likeness (QED) is 0.733. The summed E-state index contributed by atoms with van der Waals surface area (Å²) in [4.78, 5) is 27.2. The molecule has 2 saturated heterocycles. The van der Waals surface area contributed by atoms with E-state index in [4.69, 9.17) is 0 Å². The van der Waals surface area contributed by atoms with Crippen molar-refractivity contribution < 1.29 is 18.0 Å². The minimum atomic E-state index is -3.19. The molecule has 0 unspecified atom stereocenters. The minimum Gasteiger partial charge on any atom is -0.341 e. The Morgan fingerprint density at radius 3 is 2.71 bits per heavy atom. The van der Waals surface area contributed by atoms with E-state index in [0.717, 1.165) is 25.5 Å². The van der Waals surface area contributed by atoms with Crippen molar-refractivity contribution in [3.8, 4) is 0 Å². The fourth-order valence-corrected chi connectivity index (χ4v) is 3.40. The Bertz CT molecular complexity index is 506. The van der Waals surface area contributed by atoms with Crippen LogP contribution in [0.2, 0.25) is 0 Å². The van der Waals surface area contributed by atoms with Crippen LogP contribution in [0.3, 0.4) is 0 Å². The minimum absolute atomic E-state index is 0.0331. The summed E-state index contributed by atoms with van der Waals surface area (Å²) in [5.74, 6) is 0.164. The molecule has 0 spiro atoms. The van der Waals surface area contributed by atoms with Crippen LogP contribution in [0.1, 0.15) is 25.7 Å². The number of amides is 2. The van der Waals surface area contributed by atoms with E-state index in [2.05, 4.69) is 4.72 Å². The second-order valence-electron chi connectivity index (χ2n) is 5.89. The Balaban J connectivity index is 1.82. The third-order valence-electron chi connectivity index (χ3n) is 4.00. The second-order valence-corrected chi connectivity index (χ2v) is 7.72. The van der Waals surface area contributed by atoms with Gasteiger partial charge >= 0.3 is 0 Å². The number of piperidine rings is 1. The number of hydrogen-bond donors (Lipinski definition) is 1. The van der Waals surface area contributed by atoms with E-state index in [1.54, 1.807) is 9.80 Å². The molecular formula is C13H23N3O4S. The summed E-state index contributed by atoms with van der Waals surface area (Å²) >= 11 is 0. The molecule has 7 nitrogen and oxygen atoms in total. The maximum atomic E-state index is 12.2. The summed E-state index contributed by atoms with van der Waals surface area (Å²) in [7, 11) is -3.19. The second kappa shape index (κ2) is 6.74. The largest absolute Gasteiger partial charge is 0.341 e. The maximum absolute atomic E-state index is 12.2. The molecule has 0 aromatic heterocycles. The summed E-state index contributed by atoms with van der Waals surface area (Å²) in [6.45, 7) is 2.44. The molecule has 0 saturated carbocycles. The Hall–Kier alpha value is -1.15. The SMILES string of the molecule is CS(=O)(=O)NC[C@H]1CCCN(C(=O)CN2CCCC2=O)C1. The first-order valence-corrected chi connectivity index (χ1v) is 9.24. The molecule has 0 aliphatic carbocycles. The van der Waals surface area contributed by atoms with Crippen LogP contribution < -0.4 is 4.72 Å². The van der Waals surface area contributed by atoms with Crippen LogP contribution in [0, 0.1) is 5.92 Å². The van der Waals surface area contributed by atoms with Crippen LogP contribution >= 0.6 is 0 Å². The van der Waals surface area contributed by atoms with Gasteiger partial charge in [0.05, 0.1) is 12.8 Å². The smallest absolute Gasteiger partial charge is 0.242 e. The van der Waals surface area contributed by atoms with E-state index in [1.807, 2.05) is 0 Å². The number of rotatable bonds is 5. The highest BCUT2D eigenvalue weighted by atomic mass is 32.2. The lowest BCUT2D eigenvalue weighted by atomic mass is 9.98. The number of nitrogens with one attached hydrogen (secondary N) is 1. The molecule has 2 amide bonds. The van der Waals surface area contributed by atoms with Crippen LogP contribution in [0.15, 0.2) is 0 Å². The van der Waals surface area contributed by atoms with Gasteiger partial charge in [-0.25, -0.2) is 13.1 Å². The number of likely N-dealkylation sites (tertiary alicyclic amines) is 2. The van der Waals surface area contributed by atoms with Crippen molar-refractivity contribution >= 4 is 21.8 Å². The molecular weight excluding hydrogens is 294 g/mol. The Labute approximate surface area is 125 Å². The molecule has 21 heavy (non-hydrogen) atoms. The fourth-order valence-electron chi connectivity index (χ4n) is 2.86. The first-order chi connectivity index (χ1) is 9.85. The third-order valence-corrected chi connectivity index (χ3v) is 4.69. The average molecular weight is 317 g/mol. The Morgan fingerprint density at radius 1 is 1.33 bits per heavy atom. The van der Waals surface area contributed by atoms with Gasteiger partial charge < -0.3 is 9.80 Å². The molecule has 2 heterocycles. The van der Waals surface area contributed by atoms with Gasteiger partial charge in [-0.3, -0.25) is 9.59 Å². The topological polar surface area (TPSA) is 86.8 Å². The zero-order valence-corrected chi connectivity index (χ0v) is 13.2. The van der Waals surface area contributed by atoms with Crippen molar-refractivity contribution in [3.63, 3.8) is 0 Å². The number of nitrogens with zero attached hydrogens (tertiary/aromatic N) is 2. The molecule has 120 valence electrons. The first-order valence-electron chi connectivity index (χ1n) is 7.35. The molecule has 2 fully saturated rings. The van der Waals surface area contributed by atoms with E-state index < -0.39 is 10.0 Å². The molecule has 1 atom stereocenters. The van der Waals surface area contributed by atoms with Crippen molar-refractivity contribution in [2.24, 2.45) is 5.92 Å². The number of sulfonamides is 1. The zero-order valence-electron chi connectivity index (χ0n) is 12.4. The summed E-state index contributed by atoms with van der Waals surface area (Å²) in [6.07, 6.45) is 4.28. The molecule has 1 N–H and O–H groups in total. The Kier molecular flexibility index (Phi) is 5.21. The summed E-state index contributed by atoms with van der Waals surface area (Å²) in [5.41, 5.74) is 0. The zero-order chi connectivity index (χ0) is 15.5. The van der Waals surface area contributed by atoms with Crippen LogP contribution in [0.5, 0.6) is 0 Å². The van der Waals surface area contributed by atoms with E-state index in [1.165, 1.54) is 0 Å². The maximum Gasteiger partial charge on any atom is 0.242 e. The highest BCUT2D eigenvalue weighted by molar-refractivity contribution is 7.88. The Morgan fingerprint density at radius 2 is 2.10 bits per heavy atom. The van der Waals surface area contributed by atoms with Crippen LogP contribution in [0.25, 0.3) is 0 Å². The molecule has 2 aliphatic heterocycles. The van der Waals surface area contributed by atoms with E-state index in [0.29, 0.717) is 32.6 Å². The van der Waals surface area contributed by atoms with Gasteiger partial charge in [0.2, 0.25) is 21.8 Å². The molecule has 0 bridgehead atoms. The lowest BCUT2D eigenvalue weighted by molar-refractivity contribution is -0.139. The normalized spacial score (nSPS) is 23.7. The van der Waals surface area contributed by atoms with Gasteiger partial charge in [0, 0.05) is 32.6 Å². The molecule has 2 rings (SSSR count). The molecule has 0 aromatic carbocycles. The van der Waals surface area contributed by atoms with E-state index in [9.17, 15) is 18.0 Å². The summed E-state index contributed by atoms with van der Waals surface area (Å²) < 4.78 is 24.7. The monoisotopic (exact) mass is 317 g/mol. The van der Waals surface area contributed by atoms with Gasteiger partial charge in [-0.2, -0.15) is 0 Å². The number of carbonyl (C=O) groups is 2. The van der Waals surface area contributed by atoms with Crippen LogP contribution in [0.4, 0.5) is 0 Å². The summed E-state index contributed by atoms with van der Waals surface area (Å²) in [5, 5.41) is 0. The summed E-state index contributed by atoms with van der Waals surface area (Å²) in [6, 6.07) is 0. The number of hydrogen-bond acceptors (Lipinski definition) is 4. The first kappa shape index (κ1) is 16.2. The van der Waals surface area contributed by atoms with Crippen molar-refractivity contribution in [1.29, 1.82) is 0 Å². The standard InChI is InChI=1S/C13H23N3O4S/c1-21(19,20)14-8-11-4-2-6-15(9-11)13(18)10-16-7-3-5-12(16)17/h11,14H,2-10H2,1H3/t11-/m1/s1. The lowest BCUT2D eigenvalue weighted by Gasteiger charge is -2.33. The highest BCUT2D eigenvalue weighted by Gasteiger charge is 2.28. The van der Waals surface area contributed by atoms with Crippen LogP contribution in [-0.4, -0.2) is 69.0 Å². The van der Waals surface area contributed by atoms with Gasteiger partial charge in [-0.15, -0.1) is 0 Å². The van der Waals surface area contributed by atoms with Crippen molar-refractivity contribution in [2.45, 2.75) is 25.7 Å². The molecule has 0 radical (unpaired) electrons. The van der Waals surface area contributed by atoms with Gasteiger partial charge in [0.25, 0.3) is 0 Å². The van der Waals surface area contributed by atoms with Gasteiger partial charge in [-0.1, -0.05) is 0 Å². The van der Waals surface area contributed by atoms with Gasteiger partial charge in [0.15, 0.2) is 0 Å². The van der Waals surface area contributed by atoms with Crippen molar-refractivity contribution in [1.82, 2.24) is 14.5 Å². The van der Waals surface area contributed by atoms with E-state index in [-0.39, 0.29) is 24.3 Å². The highest BCUT2D eigenvalue weighted by Crippen LogP contribution is 2.17. The van der Waals surface area contributed by atoms with Gasteiger partial charge in [-0.05, 0) is 25.2 Å². The predicted octanol–water partition coefficient (Wildman–Crippen LogP) is -0.603. The molecule has 8 heteroatoms. The van der Waals surface area contributed by atoms with Crippen molar-refractivity contribution in [3.05, 3.63) is 0 Å². The van der Waals surface area contributed by atoms with Gasteiger partial charge in [0.1, 0.15) is 0 Å². The van der Waals surface area contributed by atoms with E-state index >= 15 is 0 Å².